The first kappa shape index (κ1) is 14.1. The van der Waals surface area contributed by atoms with Gasteiger partial charge < -0.3 is 15.1 Å². The Balaban J connectivity index is 1.85. The summed E-state index contributed by atoms with van der Waals surface area (Å²) in [5.41, 5.74) is 1.92. The number of carbonyl (C=O) groups excluding carboxylic acids is 1. The minimum atomic E-state index is 0.0643. The van der Waals surface area contributed by atoms with Crippen LogP contribution in [0.5, 0.6) is 0 Å². The van der Waals surface area contributed by atoms with Gasteiger partial charge in [0.25, 0.3) is 0 Å². The average Bonchev–Trinajstić information content (AvgIpc) is 2.51. The maximum Gasteiger partial charge on any atom is 0.247 e. The molecule has 2 aliphatic rings. The van der Waals surface area contributed by atoms with Crippen LogP contribution in [0.25, 0.3) is 6.08 Å². The van der Waals surface area contributed by atoms with Crippen molar-refractivity contribution in [3.05, 3.63) is 29.5 Å². The lowest BCUT2D eigenvalue weighted by Crippen LogP contribution is -2.45. The Morgan fingerprint density at radius 2 is 2.10 bits per heavy atom. The summed E-state index contributed by atoms with van der Waals surface area (Å²) in [6.45, 7) is 4.85. The maximum absolute atomic E-state index is 11.9. The number of pyridine rings is 1. The summed E-state index contributed by atoms with van der Waals surface area (Å²) in [6, 6.07) is 3.99. The van der Waals surface area contributed by atoms with Gasteiger partial charge in [-0.15, -0.1) is 0 Å². The van der Waals surface area contributed by atoms with E-state index in [1.165, 1.54) is 0 Å². The van der Waals surface area contributed by atoms with Gasteiger partial charge in [-0.3, -0.25) is 4.79 Å². The minimum Gasteiger partial charge on any atom is -0.354 e. The molecule has 2 fully saturated rings. The summed E-state index contributed by atoms with van der Waals surface area (Å²) in [5, 5.41) is 2.91. The highest BCUT2D eigenvalue weighted by Gasteiger charge is 2.19. The second-order valence-electron chi connectivity index (χ2n) is 5.74. The van der Waals surface area contributed by atoms with E-state index in [1.54, 1.807) is 0 Å². The van der Waals surface area contributed by atoms with Crippen LogP contribution in [0.3, 0.4) is 0 Å². The van der Waals surface area contributed by atoms with Gasteiger partial charge in [-0.1, -0.05) is 0 Å². The molecule has 5 heteroatoms. The maximum atomic E-state index is 11.9. The van der Waals surface area contributed by atoms with Gasteiger partial charge in [0.1, 0.15) is 5.82 Å². The highest BCUT2D eigenvalue weighted by Crippen LogP contribution is 2.23. The molecule has 21 heavy (non-hydrogen) atoms. The van der Waals surface area contributed by atoms with E-state index >= 15 is 0 Å². The Bertz CT molecular complexity index is 547. The fraction of sp³-hybridized carbons (Fsp3) is 0.500. The monoisotopic (exact) mass is 286 g/mol. The molecule has 0 aliphatic carbocycles. The Kier molecular flexibility index (Phi) is 4.20. The van der Waals surface area contributed by atoms with Gasteiger partial charge >= 0.3 is 0 Å². The normalized spacial score (nSPS) is 22.4. The predicted octanol–water partition coefficient (Wildman–Crippen LogP) is 1.13. The molecule has 1 aromatic rings. The molecule has 1 aromatic heterocycles. The van der Waals surface area contributed by atoms with Gasteiger partial charge in [-0.2, -0.15) is 0 Å². The van der Waals surface area contributed by atoms with Crippen LogP contribution in [0.15, 0.2) is 23.9 Å². The van der Waals surface area contributed by atoms with Crippen molar-refractivity contribution in [3.8, 4) is 0 Å². The summed E-state index contributed by atoms with van der Waals surface area (Å²) in [5.74, 6) is 1.06. The molecule has 3 heterocycles. The number of hydrogen-bond donors (Lipinski definition) is 1. The molecule has 3 rings (SSSR count). The van der Waals surface area contributed by atoms with Crippen molar-refractivity contribution in [2.24, 2.45) is 0 Å². The predicted molar refractivity (Wildman–Crippen MR) is 84.2 cm³/mol. The Morgan fingerprint density at radius 1 is 1.29 bits per heavy atom. The number of piperidine rings is 1. The van der Waals surface area contributed by atoms with Crippen molar-refractivity contribution >= 4 is 17.8 Å². The number of aromatic nitrogens is 1. The topological polar surface area (TPSA) is 48.5 Å². The van der Waals surface area contributed by atoms with Crippen LogP contribution in [0.2, 0.25) is 0 Å². The fourth-order valence-corrected chi connectivity index (χ4v) is 2.84. The molecule has 2 aliphatic heterocycles. The minimum absolute atomic E-state index is 0.0643. The van der Waals surface area contributed by atoms with E-state index in [2.05, 4.69) is 33.2 Å². The number of anilines is 1. The molecule has 5 nitrogen and oxygen atoms in total. The zero-order valence-corrected chi connectivity index (χ0v) is 12.5. The number of hydrogen-bond acceptors (Lipinski definition) is 4. The van der Waals surface area contributed by atoms with Gasteiger partial charge in [0.05, 0.1) is 0 Å². The molecular weight excluding hydrogens is 264 g/mol. The number of carbonyl (C=O) groups is 1. The Morgan fingerprint density at radius 3 is 2.86 bits per heavy atom. The molecule has 0 aromatic carbocycles. The first-order valence-corrected chi connectivity index (χ1v) is 7.61. The van der Waals surface area contributed by atoms with Gasteiger partial charge in [-0.05, 0) is 38.1 Å². The van der Waals surface area contributed by atoms with Crippen LogP contribution < -0.4 is 10.2 Å². The van der Waals surface area contributed by atoms with Gasteiger partial charge in [0.2, 0.25) is 5.91 Å². The van der Waals surface area contributed by atoms with Crippen LogP contribution >= 0.6 is 0 Å². The first-order chi connectivity index (χ1) is 10.2. The summed E-state index contributed by atoms with van der Waals surface area (Å²) in [7, 11) is 2.14. The molecule has 1 amide bonds. The highest BCUT2D eigenvalue weighted by atomic mass is 16.1. The van der Waals surface area contributed by atoms with Gasteiger partial charge in [0.15, 0.2) is 0 Å². The van der Waals surface area contributed by atoms with Crippen molar-refractivity contribution in [2.45, 2.75) is 12.8 Å². The second-order valence-corrected chi connectivity index (χ2v) is 5.74. The average molecular weight is 286 g/mol. The Hall–Kier alpha value is -1.88. The van der Waals surface area contributed by atoms with Crippen LogP contribution in [0, 0.1) is 0 Å². The number of nitrogens with one attached hydrogen (secondary N) is 1. The smallest absolute Gasteiger partial charge is 0.247 e. The van der Waals surface area contributed by atoms with E-state index in [4.69, 9.17) is 0 Å². The largest absolute Gasteiger partial charge is 0.354 e. The number of rotatable bonds is 2. The molecule has 0 atom stereocenters. The SMILES string of the molecule is CN1CCN(c2ncccc2C=C2CCCNC2=O)CC1. The van der Waals surface area contributed by atoms with Crippen molar-refractivity contribution in [2.75, 3.05) is 44.7 Å². The third-order valence-corrected chi connectivity index (χ3v) is 4.15. The van der Waals surface area contributed by atoms with Crippen LogP contribution in [-0.4, -0.2) is 55.6 Å². The van der Waals surface area contributed by atoms with Crippen molar-refractivity contribution < 1.29 is 4.79 Å². The molecule has 0 spiro atoms. The molecule has 0 radical (unpaired) electrons. The van der Waals surface area contributed by atoms with Crippen LogP contribution in [-0.2, 0) is 4.79 Å². The standard InChI is InChI=1S/C16H22N4O/c1-19-8-10-20(11-9-19)15-13(4-2-6-17-15)12-14-5-3-7-18-16(14)21/h2,4,6,12H,3,5,7-11H2,1H3,(H,18,21). The van der Waals surface area contributed by atoms with E-state index in [9.17, 15) is 4.79 Å². The van der Waals surface area contributed by atoms with E-state index < -0.39 is 0 Å². The number of likely N-dealkylation sites (N-methyl/N-ethyl adjacent to an activating group) is 1. The summed E-state index contributed by atoms with van der Waals surface area (Å²) >= 11 is 0. The lowest BCUT2D eigenvalue weighted by Gasteiger charge is -2.34. The number of amides is 1. The first-order valence-electron chi connectivity index (χ1n) is 7.61. The number of piperazine rings is 1. The summed E-state index contributed by atoms with van der Waals surface area (Å²) < 4.78 is 0. The van der Waals surface area contributed by atoms with Crippen molar-refractivity contribution in [1.82, 2.24) is 15.2 Å². The van der Waals surface area contributed by atoms with Gasteiger partial charge in [-0.25, -0.2) is 4.98 Å². The molecular formula is C16H22N4O. The Labute approximate surface area is 125 Å². The molecule has 0 bridgehead atoms. The zero-order chi connectivity index (χ0) is 14.7. The molecule has 1 N–H and O–H groups in total. The summed E-state index contributed by atoms with van der Waals surface area (Å²) in [6.07, 6.45) is 5.70. The van der Waals surface area contributed by atoms with E-state index in [1.807, 2.05) is 18.3 Å². The quantitative estimate of drug-likeness (QED) is 0.828. The molecule has 0 unspecified atom stereocenters. The van der Waals surface area contributed by atoms with Crippen LogP contribution in [0.4, 0.5) is 5.82 Å². The van der Waals surface area contributed by atoms with Crippen molar-refractivity contribution in [3.63, 3.8) is 0 Å². The molecule has 112 valence electrons. The zero-order valence-electron chi connectivity index (χ0n) is 12.5. The fourth-order valence-electron chi connectivity index (χ4n) is 2.84. The second kappa shape index (κ2) is 6.26. The van der Waals surface area contributed by atoms with E-state index in [0.29, 0.717) is 0 Å². The third-order valence-electron chi connectivity index (χ3n) is 4.15. The third kappa shape index (κ3) is 3.24. The highest BCUT2D eigenvalue weighted by molar-refractivity contribution is 5.99. The lowest BCUT2D eigenvalue weighted by atomic mass is 10.0. The number of nitrogens with zero attached hydrogens (tertiary/aromatic N) is 3. The van der Waals surface area contributed by atoms with E-state index in [-0.39, 0.29) is 5.91 Å². The van der Waals surface area contributed by atoms with Crippen LogP contribution in [0.1, 0.15) is 18.4 Å². The van der Waals surface area contributed by atoms with E-state index in [0.717, 1.165) is 62.5 Å². The van der Waals surface area contributed by atoms with Gasteiger partial charge in [0, 0.05) is 50.1 Å². The molecule has 0 saturated carbocycles. The van der Waals surface area contributed by atoms with Crippen molar-refractivity contribution in [1.29, 1.82) is 0 Å². The molecule has 2 saturated heterocycles. The summed E-state index contributed by atoms with van der Waals surface area (Å²) in [4.78, 5) is 21.1. The lowest BCUT2D eigenvalue weighted by molar-refractivity contribution is -0.118.